The molecule has 1 unspecified atom stereocenters. The molecule has 0 bridgehead atoms. The molecule has 0 aromatic carbocycles. The van der Waals surface area contributed by atoms with E-state index in [0.29, 0.717) is 6.42 Å². The second-order valence-electron chi connectivity index (χ2n) is 4.81. The highest BCUT2D eigenvalue weighted by atomic mass is 16.4. The van der Waals surface area contributed by atoms with Crippen LogP contribution >= 0.6 is 0 Å². The first-order valence-corrected chi connectivity index (χ1v) is 5.93. The number of aliphatic carboxylic acids is 1. The van der Waals surface area contributed by atoms with Gasteiger partial charge >= 0.3 is 5.97 Å². The SMILES string of the molecule is Cc1cc(C(=O)NCC(CC(C)C)C(=O)O)n[nH]1. The highest BCUT2D eigenvalue weighted by Gasteiger charge is 2.20. The maximum Gasteiger partial charge on any atom is 0.308 e. The molecule has 1 aromatic heterocycles. The number of amides is 1. The fraction of sp³-hybridized carbons (Fsp3) is 0.583. The van der Waals surface area contributed by atoms with Gasteiger partial charge < -0.3 is 10.4 Å². The molecular weight excluding hydrogens is 234 g/mol. The predicted molar refractivity (Wildman–Crippen MR) is 66.2 cm³/mol. The lowest BCUT2D eigenvalue weighted by molar-refractivity contribution is -0.142. The number of nitrogens with zero attached hydrogens (tertiary/aromatic N) is 1. The number of carbonyl (C=O) groups is 2. The van der Waals surface area contributed by atoms with Crippen molar-refractivity contribution in [3.63, 3.8) is 0 Å². The molecule has 1 heterocycles. The number of carbonyl (C=O) groups excluding carboxylic acids is 1. The Bertz CT molecular complexity index is 426. The van der Waals surface area contributed by atoms with Gasteiger partial charge in [-0.3, -0.25) is 14.7 Å². The van der Waals surface area contributed by atoms with Crippen LogP contribution in [-0.2, 0) is 4.79 Å². The molecule has 6 heteroatoms. The molecule has 1 amide bonds. The first-order chi connectivity index (χ1) is 8.40. The van der Waals surface area contributed by atoms with Gasteiger partial charge in [0.2, 0.25) is 0 Å². The van der Waals surface area contributed by atoms with E-state index in [4.69, 9.17) is 5.11 Å². The molecule has 0 aliphatic carbocycles. The van der Waals surface area contributed by atoms with Gasteiger partial charge in [0.05, 0.1) is 5.92 Å². The number of carboxylic acid groups (broad SMARTS) is 1. The Morgan fingerprint density at radius 2 is 2.17 bits per heavy atom. The van der Waals surface area contributed by atoms with Crippen LogP contribution in [0, 0.1) is 18.8 Å². The monoisotopic (exact) mass is 253 g/mol. The second-order valence-corrected chi connectivity index (χ2v) is 4.81. The van der Waals surface area contributed by atoms with Crippen LogP contribution in [0.5, 0.6) is 0 Å². The molecule has 0 aliphatic rings. The summed E-state index contributed by atoms with van der Waals surface area (Å²) in [4.78, 5) is 22.7. The number of hydrogen-bond donors (Lipinski definition) is 3. The van der Waals surface area contributed by atoms with Gasteiger partial charge in [-0.15, -0.1) is 0 Å². The molecule has 18 heavy (non-hydrogen) atoms. The Hall–Kier alpha value is -1.85. The van der Waals surface area contributed by atoms with Crippen molar-refractivity contribution < 1.29 is 14.7 Å². The molecular formula is C12H19N3O3. The summed E-state index contributed by atoms with van der Waals surface area (Å²) in [6, 6.07) is 1.62. The zero-order valence-corrected chi connectivity index (χ0v) is 10.9. The Kier molecular flexibility index (Phi) is 4.88. The zero-order chi connectivity index (χ0) is 13.7. The van der Waals surface area contributed by atoms with Crippen LogP contribution < -0.4 is 5.32 Å². The van der Waals surface area contributed by atoms with Gasteiger partial charge in [0.15, 0.2) is 0 Å². The van der Waals surface area contributed by atoms with Gasteiger partial charge in [0, 0.05) is 12.2 Å². The second kappa shape index (κ2) is 6.18. The summed E-state index contributed by atoms with van der Waals surface area (Å²) < 4.78 is 0. The summed E-state index contributed by atoms with van der Waals surface area (Å²) in [5, 5.41) is 18.1. The van der Waals surface area contributed by atoms with Crippen LogP contribution in [0.1, 0.15) is 36.5 Å². The number of aromatic nitrogens is 2. The third kappa shape index (κ3) is 4.20. The number of aryl methyl sites for hydroxylation is 1. The van der Waals surface area contributed by atoms with Crippen molar-refractivity contribution in [2.45, 2.75) is 27.2 Å². The van der Waals surface area contributed by atoms with Gasteiger partial charge in [-0.25, -0.2) is 0 Å². The van der Waals surface area contributed by atoms with Crippen molar-refractivity contribution in [2.24, 2.45) is 11.8 Å². The van der Waals surface area contributed by atoms with Crippen LogP contribution in [0.2, 0.25) is 0 Å². The lowest BCUT2D eigenvalue weighted by Crippen LogP contribution is -2.33. The number of nitrogens with one attached hydrogen (secondary N) is 2. The maximum absolute atomic E-state index is 11.7. The summed E-state index contributed by atoms with van der Waals surface area (Å²) in [7, 11) is 0. The topological polar surface area (TPSA) is 95.1 Å². The van der Waals surface area contributed by atoms with Gasteiger partial charge in [-0.1, -0.05) is 13.8 Å². The largest absolute Gasteiger partial charge is 0.481 e. The summed E-state index contributed by atoms with van der Waals surface area (Å²) >= 11 is 0. The molecule has 1 atom stereocenters. The van der Waals surface area contributed by atoms with E-state index in [1.54, 1.807) is 13.0 Å². The van der Waals surface area contributed by atoms with Crippen LogP contribution in [-0.4, -0.2) is 33.7 Å². The summed E-state index contributed by atoms with van der Waals surface area (Å²) in [6.07, 6.45) is 0.537. The standard InChI is InChI=1S/C12H19N3O3/c1-7(2)4-9(12(17)18)6-13-11(16)10-5-8(3)14-15-10/h5,7,9H,4,6H2,1-3H3,(H,13,16)(H,14,15)(H,17,18). The summed E-state index contributed by atoms with van der Waals surface area (Å²) in [5.41, 5.74) is 1.07. The number of aromatic amines is 1. The minimum absolute atomic E-state index is 0.123. The molecule has 0 fully saturated rings. The molecule has 0 saturated heterocycles. The lowest BCUT2D eigenvalue weighted by atomic mass is 9.97. The number of hydrogen-bond acceptors (Lipinski definition) is 3. The highest BCUT2D eigenvalue weighted by Crippen LogP contribution is 2.11. The fourth-order valence-corrected chi connectivity index (χ4v) is 1.68. The molecule has 0 spiro atoms. The lowest BCUT2D eigenvalue weighted by Gasteiger charge is -2.14. The molecule has 0 radical (unpaired) electrons. The summed E-state index contributed by atoms with van der Waals surface area (Å²) in [6.45, 7) is 5.82. The van der Waals surface area contributed by atoms with E-state index in [-0.39, 0.29) is 24.1 Å². The Morgan fingerprint density at radius 1 is 1.50 bits per heavy atom. The van der Waals surface area contributed by atoms with E-state index in [9.17, 15) is 9.59 Å². The molecule has 1 rings (SSSR count). The molecule has 6 nitrogen and oxygen atoms in total. The van der Waals surface area contributed by atoms with Crippen LogP contribution in [0.25, 0.3) is 0 Å². The first kappa shape index (κ1) is 14.2. The van der Waals surface area contributed by atoms with Gasteiger partial charge in [0.1, 0.15) is 5.69 Å². The van der Waals surface area contributed by atoms with Crippen LogP contribution in [0.3, 0.4) is 0 Å². The van der Waals surface area contributed by atoms with Crippen LogP contribution in [0.15, 0.2) is 6.07 Å². The molecule has 0 aliphatic heterocycles. The van der Waals surface area contributed by atoms with Crippen molar-refractivity contribution in [2.75, 3.05) is 6.54 Å². The van der Waals surface area contributed by atoms with Gasteiger partial charge in [0.25, 0.3) is 5.91 Å². The first-order valence-electron chi connectivity index (χ1n) is 5.93. The molecule has 3 N–H and O–H groups in total. The van der Waals surface area contributed by atoms with E-state index >= 15 is 0 Å². The van der Waals surface area contributed by atoms with Gasteiger partial charge in [-0.2, -0.15) is 5.10 Å². The van der Waals surface area contributed by atoms with Gasteiger partial charge in [-0.05, 0) is 25.3 Å². The quantitative estimate of drug-likeness (QED) is 0.709. The molecule has 100 valence electrons. The minimum atomic E-state index is -0.887. The fourth-order valence-electron chi connectivity index (χ4n) is 1.68. The summed E-state index contributed by atoms with van der Waals surface area (Å²) in [5.74, 6) is -1.53. The van der Waals surface area contributed by atoms with Crippen molar-refractivity contribution in [1.82, 2.24) is 15.5 Å². The smallest absolute Gasteiger partial charge is 0.308 e. The predicted octanol–water partition coefficient (Wildman–Crippen LogP) is 1.19. The maximum atomic E-state index is 11.7. The molecule has 0 saturated carbocycles. The third-order valence-electron chi connectivity index (χ3n) is 2.55. The molecule has 1 aromatic rings. The highest BCUT2D eigenvalue weighted by molar-refractivity contribution is 5.92. The Balaban J connectivity index is 2.52. The van der Waals surface area contributed by atoms with Crippen LogP contribution in [0.4, 0.5) is 0 Å². The third-order valence-corrected chi connectivity index (χ3v) is 2.55. The van der Waals surface area contributed by atoms with E-state index in [1.165, 1.54) is 0 Å². The van der Waals surface area contributed by atoms with Crippen molar-refractivity contribution in [3.05, 3.63) is 17.5 Å². The normalized spacial score (nSPS) is 12.4. The van der Waals surface area contributed by atoms with E-state index in [2.05, 4.69) is 15.5 Å². The van der Waals surface area contributed by atoms with Crippen molar-refractivity contribution in [1.29, 1.82) is 0 Å². The van der Waals surface area contributed by atoms with E-state index < -0.39 is 11.9 Å². The van der Waals surface area contributed by atoms with Crippen molar-refractivity contribution in [3.8, 4) is 0 Å². The average molecular weight is 253 g/mol. The number of H-pyrrole nitrogens is 1. The Morgan fingerprint density at radius 3 is 2.61 bits per heavy atom. The number of carboxylic acids is 1. The van der Waals surface area contributed by atoms with E-state index in [1.807, 2.05) is 13.8 Å². The van der Waals surface area contributed by atoms with E-state index in [0.717, 1.165) is 5.69 Å². The number of rotatable bonds is 6. The van der Waals surface area contributed by atoms with Crippen molar-refractivity contribution >= 4 is 11.9 Å². The minimum Gasteiger partial charge on any atom is -0.481 e. The Labute approximate surface area is 106 Å². The average Bonchev–Trinajstić information content (AvgIpc) is 2.69. The zero-order valence-electron chi connectivity index (χ0n) is 10.9.